The van der Waals surface area contributed by atoms with Crippen LogP contribution in [0.25, 0.3) is 0 Å². The highest BCUT2D eigenvalue weighted by atomic mass is 32.2. The second kappa shape index (κ2) is 7.01. The Hall–Kier alpha value is -0.760. The minimum absolute atomic E-state index is 0.255. The van der Waals surface area contributed by atoms with Crippen LogP contribution in [-0.2, 0) is 4.74 Å². The van der Waals surface area contributed by atoms with Crippen molar-refractivity contribution in [2.24, 2.45) is 0 Å². The van der Waals surface area contributed by atoms with Crippen molar-refractivity contribution in [2.45, 2.75) is 38.6 Å². The van der Waals surface area contributed by atoms with E-state index in [2.05, 4.69) is 0 Å². The number of ether oxygens (including phenoxy) is 1. The molecular formula is C16H23F3N2OS. The summed E-state index contributed by atoms with van der Waals surface area (Å²) >= 11 is 1.12. The van der Waals surface area contributed by atoms with Crippen LogP contribution in [0.1, 0.15) is 31.0 Å². The van der Waals surface area contributed by atoms with Gasteiger partial charge in [-0.25, -0.2) is 8.61 Å². The molecule has 1 atom stereocenters. The van der Waals surface area contributed by atoms with E-state index >= 15 is 0 Å². The summed E-state index contributed by atoms with van der Waals surface area (Å²) in [7, 11) is 1.49. The van der Waals surface area contributed by atoms with E-state index in [0.29, 0.717) is 19.7 Å². The first-order chi connectivity index (χ1) is 10.6. The molecule has 3 nitrogen and oxygen atoms in total. The lowest BCUT2D eigenvalue weighted by Crippen LogP contribution is -2.47. The highest BCUT2D eigenvalue weighted by Gasteiger charge is 2.44. The first-order valence-electron chi connectivity index (χ1n) is 7.52. The van der Waals surface area contributed by atoms with E-state index in [1.165, 1.54) is 11.4 Å². The van der Waals surface area contributed by atoms with Gasteiger partial charge in [-0.15, -0.1) is 0 Å². The zero-order valence-corrected chi connectivity index (χ0v) is 14.7. The summed E-state index contributed by atoms with van der Waals surface area (Å²) in [4.78, 5) is 0. The molecule has 0 spiro atoms. The third kappa shape index (κ3) is 5.11. The molecule has 0 aliphatic carbocycles. The van der Waals surface area contributed by atoms with Gasteiger partial charge in [0.1, 0.15) is 6.04 Å². The van der Waals surface area contributed by atoms with Gasteiger partial charge in [-0.2, -0.15) is 13.2 Å². The predicted octanol–water partition coefficient (Wildman–Crippen LogP) is 4.20. The molecule has 1 aromatic rings. The van der Waals surface area contributed by atoms with Gasteiger partial charge in [-0.3, -0.25) is 0 Å². The van der Waals surface area contributed by atoms with Gasteiger partial charge < -0.3 is 4.74 Å². The summed E-state index contributed by atoms with van der Waals surface area (Å²) in [5.74, 6) is 0. The average molecular weight is 348 g/mol. The van der Waals surface area contributed by atoms with Crippen molar-refractivity contribution in [3.8, 4) is 0 Å². The van der Waals surface area contributed by atoms with Gasteiger partial charge in [0.25, 0.3) is 0 Å². The summed E-state index contributed by atoms with van der Waals surface area (Å²) in [5, 5.41) is 0. The molecule has 1 heterocycles. The molecule has 0 bridgehead atoms. The van der Waals surface area contributed by atoms with Gasteiger partial charge >= 0.3 is 6.18 Å². The molecule has 130 valence electrons. The largest absolute Gasteiger partial charge is 0.408 e. The first-order valence-corrected chi connectivity index (χ1v) is 8.25. The van der Waals surface area contributed by atoms with Crippen LogP contribution < -0.4 is 0 Å². The van der Waals surface area contributed by atoms with E-state index in [9.17, 15) is 13.2 Å². The maximum atomic E-state index is 13.6. The molecule has 1 fully saturated rings. The number of hydrogen-bond acceptors (Lipinski definition) is 4. The van der Waals surface area contributed by atoms with E-state index in [1.54, 1.807) is 24.3 Å². The van der Waals surface area contributed by atoms with Gasteiger partial charge in [-0.1, -0.05) is 29.8 Å². The zero-order chi connectivity index (χ0) is 17.3. The van der Waals surface area contributed by atoms with Gasteiger partial charge in [0.15, 0.2) is 0 Å². The van der Waals surface area contributed by atoms with Gasteiger partial charge in [-0.05, 0) is 33.4 Å². The maximum Gasteiger partial charge on any atom is 0.408 e. The molecule has 0 unspecified atom stereocenters. The summed E-state index contributed by atoms with van der Waals surface area (Å²) in [6.45, 7) is 7.47. The molecule has 1 aliphatic rings. The van der Waals surface area contributed by atoms with Crippen LogP contribution in [0, 0.1) is 6.92 Å². The van der Waals surface area contributed by atoms with Crippen LogP contribution in [0.2, 0.25) is 0 Å². The number of nitrogens with zero attached hydrogens (tertiary/aromatic N) is 2. The molecule has 0 radical (unpaired) electrons. The molecule has 0 amide bonds. The highest BCUT2D eigenvalue weighted by Crippen LogP contribution is 2.41. The lowest BCUT2D eigenvalue weighted by atomic mass is 10.1. The monoisotopic (exact) mass is 348 g/mol. The van der Waals surface area contributed by atoms with Crippen molar-refractivity contribution < 1.29 is 17.9 Å². The fourth-order valence-electron chi connectivity index (χ4n) is 2.63. The second-order valence-electron chi connectivity index (χ2n) is 6.45. The standard InChI is InChI=1S/C16H23F3N2OS/c1-12-5-7-13(8-6-12)14(16(17,18)19)20(4)23-21-9-10-22-15(2,3)11-21/h5-8,14H,9-11H2,1-4H3/t14-/m1/s1. The molecule has 0 saturated carbocycles. The quantitative estimate of drug-likeness (QED) is 0.757. The van der Waals surface area contributed by atoms with E-state index in [1.807, 2.05) is 25.1 Å². The van der Waals surface area contributed by atoms with Crippen molar-refractivity contribution in [2.75, 3.05) is 26.7 Å². The van der Waals surface area contributed by atoms with E-state index in [0.717, 1.165) is 17.7 Å². The summed E-state index contributed by atoms with van der Waals surface area (Å²) in [6.07, 6.45) is -4.33. The van der Waals surface area contributed by atoms with Crippen LogP contribution in [0.3, 0.4) is 0 Å². The zero-order valence-electron chi connectivity index (χ0n) is 13.9. The van der Waals surface area contributed by atoms with Crippen LogP contribution in [0.4, 0.5) is 13.2 Å². The lowest BCUT2D eigenvalue weighted by molar-refractivity contribution is -0.170. The molecule has 0 aromatic heterocycles. The van der Waals surface area contributed by atoms with Crippen molar-refractivity contribution in [1.82, 2.24) is 8.61 Å². The Bertz CT molecular complexity index is 519. The molecule has 0 N–H and O–H groups in total. The Labute approximate surface area is 140 Å². The Kier molecular flexibility index (Phi) is 5.66. The maximum absolute atomic E-state index is 13.6. The van der Waals surface area contributed by atoms with Gasteiger partial charge in [0.2, 0.25) is 0 Å². The van der Waals surface area contributed by atoms with Crippen LogP contribution in [-0.4, -0.2) is 47.1 Å². The van der Waals surface area contributed by atoms with Gasteiger partial charge in [0.05, 0.1) is 12.2 Å². The lowest BCUT2D eigenvalue weighted by Gasteiger charge is -2.40. The van der Waals surface area contributed by atoms with Crippen LogP contribution >= 0.6 is 12.1 Å². The molecule has 2 rings (SSSR count). The number of aryl methyl sites for hydroxylation is 1. The number of rotatable bonds is 4. The van der Waals surface area contributed by atoms with E-state index < -0.39 is 12.2 Å². The Morgan fingerprint density at radius 1 is 1.26 bits per heavy atom. The summed E-state index contributed by atoms with van der Waals surface area (Å²) in [5.41, 5.74) is 0.856. The smallest absolute Gasteiger partial charge is 0.373 e. The first kappa shape index (κ1) is 18.6. The molecule has 23 heavy (non-hydrogen) atoms. The second-order valence-corrected chi connectivity index (χ2v) is 7.71. The highest BCUT2D eigenvalue weighted by molar-refractivity contribution is 7.94. The van der Waals surface area contributed by atoms with Crippen molar-refractivity contribution in [3.05, 3.63) is 35.4 Å². The molecule has 1 aromatic carbocycles. The van der Waals surface area contributed by atoms with Crippen LogP contribution in [0.5, 0.6) is 0 Å². The van der Waals surface area contributed by atoms with Crippen LogP contribution in [0.15, 0.2) is 24.3 Å². The average Bonchev–Trinajstić information content (AvgIpc) is 2.38. The summed E-state index contributed by atoms with van der Waals surface area (Å²) < 4.78 is 49.5. The van der Waals surface area contributed by atoms with E-state index in [4.69, 9.17) is 4.74 Å². The number of hydrogen-bond donors (Lipinski definition) is 0. The fourth-order valence-corrected chi connectivity index (χ4v) is 3.85. The number of morpholine rings is 1. The Morgan fingerprint density at radius 2 is 1.87 bits per heavy atom. The molecular weight excluding hydrogens is 325 g/mol. The third-order valence-electron chi connectivity index (χ3n) is 3.70. The third-order valence-corrected chi connectivity index (χ3v) is 4.71. The van der Waals surface area contributed by atoms with Crippen molar-refractivity contribution >= 4 is 12.1 Å². The summed E-state index contributed by atoms with van der Waals surface area (Å²) in [6, 6.07) is 4.88. The van der Waals surface area contributed by atoms with E-state index in [-0.39, 0.29) is 11.2 Å². The number of halogens is 3. The Morgan fingerprint density at radius 3 is 2.39 bits per heavy atom. The van der Waals surface area contributed by atoms with Crippen molar-refractivity contribution in [1.29, 1.82) is 0 Å². The number of benzene rings is 1. The van der Waals surface area contributed by atoms with Gasteiger partial charge in [0, 0.05) is 25.2 Å². The minimum Gasteiger partial charge on any atom is -0.373 e. The normalized spacial score (nSPS) is 20.7. The fraction of sp³-hybridized carbons (Fsp3) is 0.625. The topological polar surface area (TPSA) is 15.7 Å². The number of alkyl halides is 3. The SMILES string of the molecule is Cc1ccc([C@@H](N(C)SN2CCOC(C)(C)C2)C(F)(F)F)cc1. The Balaban J connectivity index is 2.14. The molecule has 7 heteroatoms. The predicted molar refractivity (Wildman–Crippen MR) is 86.9 cm³/mol. The minimum atomic E-state index is -4.33. The molecule has 1 aliphatic heterocycles. The molecule has 1 saturated heterocycles. The van der Waals surface area contributed by atoms with Crippen molar-refractivity contribution in [3.63, 3.8) is 0 Å².